The summed E-state index contributed by atoms with van der Waals surface area (Å²) < 4.78 is 29.5. The maximum atomic E-state index is 14.3. The first-order chi connectivity index (χ1) is 33.1. The van der Waals surface area contributed by atoms with Gasteiger partial charge in [-0.1, -0.05) is 56.3 Å². The van der Waals surface area contributed by atoms with Crippen molar-refractivity contribution in [3.63, 3.8) is 0 Å². The minimum atomic E-state index is -1.53. The maximum absolute atomic E-state index is 14.3. The van der Waals surface area contributed by atoms with Crippen LogP contribution in [0.1, 0.15) is 85.2 Å². The third-order valence-electron chi connectivity index (χ3n) is 12.4. The monoisotopic (exact) mass is 944 g/mol. The van der Waals surface area contributed by atoms with Crippen LogP contribution in [0.5, 0.6) is 23.0 Å². The Balaban J connectivity index is 1.04. The third kappa shape index (κ3) is 10.9. The zero-order valence-electron chi connectivity index (χ0n) is 39.8. The zero-order valence-corrected chi connectivity index (χ0v) is 39.8. The highest BCUT2D eigenvalue weighted by atomic mass is 16.6. The van der Waals surface area contributed by atoms with E-state index in [0.717, 1.165) is 16.0 Å². The first kappa shape index (κ1) is 49.7. The number of hydrogen-bond donors (Lipinski definition) is 3. The number of ketones is 1. The molecule has 0 saturated heterocycles. The number of rotatable bonds is 19. The van der Waals surface area contributed by atoms with Crippen LogP contribution in [0.4, 0.5) is 16.2 Å². The van der Waals surface area contributed by atoms with E-state index in [0.29, 0.717) is 53.1 Å². The highest BCUT2D eigenvalue weighted by Gasteiger charge is 2.45. The summed E-state index contributed by atoms with van der Waals surface area (Å²) in [5, 5.41) is 14.7. The number of methoxy groups -OCH3 is 2. The van der Waals surface area contributed by atoms with Crippen molar-refractivity contribution in [1.82, 2.24) is 15.1 Å². The second kappa shape index (κ2) is 21.8. The van der Waals surface area contributed by atoms with Gasteiger partial charge in [0.15, 0.2) is 35.0 Å². The van der Waals surface area contributed by atoms with Crippen molar-refractivity contribution in [2.45, 2.75) is 96.8 Å². The number of aliphatic hydroxyl groups is 1. The molecule has 17 heteroatoms. The van der Waals surface area contributed by atoms with Crippen LogP contribution < -0.4 is 34.9 Å². The molecule has 4 N–H and O–H groups in total. The molecule has 364 valence electrons. The Hall–Kier alpha value is -7.24. The zero-order chi connectivity index (χ0) is 49.5. The lowest BCUT2D eigenvalue weighted by atomic mass is 10.0. The van der Waals surface area contributed by atoms with Crippen LogP contribution in [0.25, 0.3) is 0 Å². The largest absolute Gasteiger partial charge is 0.493 e. The van der Waals surface area contributed by atoms with E-state index in [9.17, 15) is 29.1 Å². The molecule has 69 heavy (non-hydrogen) atoms. The molecule has 5 atom stereocenters. The van der Waals surface area contributed by atoms with Crippen LogP contribution in [0.3, 0.4) is 0 Å². The summed E-state index contributed by atoms with van der Waals surface area (Å²) in [4.78, 5) is 76.2. The number of hydrogen-bond acceptors (Lipinski definition) is 13. The molecule has 0 saturated carbocycles. The van der Waals surface area contributed by atoms with Crippen LogP contribution in [0.15, 0.2) is 102 Å². The van der Waals surface area contributed by atoms with E-state index in [4.69, 9.17) is 29.4 Å². The van der Waals surface area contributed by atoms with Gasteiger partial charge in [-0.25, -0.2) is 9.69 Å². The van der Waals surface area contributed by atoms with Crippen molar-refractivity contribution >= 4 is 47.2 Å². The molecule has 0 unspecified atom stereocenters. The minimum Gasteiger partial charge on any atom is -0.493 e. The molecule has 7 rings (SSSR count). The third-order valence-corrected chi connectivity index (χ3v) is 12.4. The lowest BCUT2D eigenvalue weighted by Crippen LogP contribution is -2.50. The molecule has 0 bridgehead atoms. The fraction of sp³-hybridized carbons (Fsp3) is 0.385. The highest BCUT2D eigenvalue weighted by Crippen LogP contribution is 2.43. The Morgan fingerprint density at radius 3 is 2.20 bits per heavy atom. The van der Waals surface area contributed by atoms with E-state index < -0.39 is 42.3 Å². The SMILES string of the molecule is C=CCC1=CN2C(=O)c3cc(OC)c(OCCCOc4cc5c(cc4OC)C(=O)N4C=C(/C=C/C)C[C@H]4[C@H](O)N5C(=O)OCc4ccc(CC(=O)[C@H](C)NC(=O)[C@@H](N)C(C)C)cc4)cc3N=C[C@@H]2C1. The summed E-state index contributed by atoms with van der Waals surface area (Å²) in [6.45, 7) is 11.0. The molecular formula is C52H60N6O11. The predicted octanol–water partition coefficient (Wildman–Crippen LogP) is 6.69. The normalized spacial score (nSPS) is 19.1. The van der Waals surface area contributed by atoms with Gasteiger partial charge in [-0.2, -0.15) is 0 Å². The quantitative estimate of drug-likeness (QED) is 0.0848. The van der Waals surface area contributed by atoms with Crippen molar-refractivity contribution < 1.29 is 52.8 Å². The predicted molar refractivity (Wildman–Crippen MR) is 259 cm³/mol. The molecular weight excluding hydrogens is 885 g/mol. The Bertz CT molecular complexity index is 2600. The number of nitrogens with zero attached hydrogens (tertiary/aromatic N) is 4. The van der Waals surface area contributed by atoms with Gasteiger partial charge in [-0.15, -0.1) is 6.58 Å². The van der Waals surface area contributed by atoms with Gasteiger partial charge in [0, 0.05) is 43.6 Å². The standard InChI is InChI=1S/C52H60N6O11/c1-8-11-34-19-36-26-54-39-24-45(43(65-6)22-37(39)49(61)56(36)27-34)67-17-10-18-68-46-25-40-38(23-44(46)66-7)50(62)57-28-35(12-9-2)20-41(57)51(63)58(40)52(64)69-29-33-15-13-32(14-16-33)21-42(59)31(5)55-48(60)47(53)30(3)4/h8-9,12-16,22-28,30-31,36,41,47,51,63H,1,10-11,17-21,29,53H2,2-7H3,(H,55,60)/b12-9+/t31-,36-,41-,47-,51-/m0/s1. The number of Topliss-reactive ketones (excluding diaryl/α,β-unsaturated/α-hetero) is 1. The molecule has 4 aliphatic heterocycles. The van der Waals surface area contributed by atoms with Crippen LogP contribution >= 0.6 is 0 Å². The molecule has 0 aromatic heterocycles. The van der Waals surface area contributed by atoms with Crippen molar-refractivity contribution in [2.24, 2.45) is 16.6 Å². The maximum Gasteiger partial charge on any atom is 0.416 e. The second-order valence-electron chi connectivity index (χ2n) is 17.6. The van der Waals surface area contributed by atoms with Gasteiger partial charge in [0.2, 0.25) is 5.91 Å². The number of anilines is 1. The van der Waals surface area contributed by atoms with Gasteiger partial charge in [0.25, 0.3) is 11.8 Å². The summed E-state index contributed by atoms with van der Waals surface area (Å²) in [5.41, 5.74) is 10.1. The molecule has 4 amide bonds. The number of carbonyl (C=O) groups excluding carboxylic acids is 5. The number of nitrogens with one attached hydrogen (secondary N) is 1. The van der Waals surface area contributed by atoms with E-state index in [1.807, 2.05) is 45.2 Å². The molecule has 3 aromatic carbocycles. The summed E-state index contributed by atoms with van der Waals surface area (Å²) in [7, 11) is 2.93. The average molecular weight is 945 g/mol. The molecule has 17 nitrogen and oxygen atoms in total. The molecule has 0 radical (unpaired) electrons. The fourth-order valence-electron chi connectivity index (χ4n) is 8.51. The van der Waals surface area contributed by atoms with E-state index >= 15 is 0 Å². The molecule has 4 heterocycles. The van der Waals surface area contributed by atoms with Crippen LogP contribution in [0, 0.1) is 5.92 Å². The highest BCUT2D eigenvalue weighted by molar-refractivity contribution is 6.07. The first-order valence-corrected chi connectivity index (χ1v) is 23.0. The topological polar surface area (TPSA) is 212 Å². The summed E-state index contributed by atoms with van der Waals surface area (Å²) >= 11 is 0. The lowest BCUT2D eigenvalue weighted by Gasteiger charge is -2.31. The van der Waals surface area contributed by atoms with Gasteiger partial charge in [0.05, 0.1) is 74.1 Å². The number of aliphatic imine (C=N–C) groups is 1. The molecule has 0 fully saturated rings. The van der Waals surface area contributed by atoms with E-state index in [2.05, 4.69) is 16.9 Å². The van der Waals surface area contributed by atoms with E-state index in [-0.39, 0.29) is 79.1 Å². The van der Waals surface area contributed by atoms with Crippen molar-refractivity contribution in [1.29, 1.82) is 0 Å². The summed E-state index contributed by atoms with van der Waals surface area (Å²) in [5.74, 6) is -0.131. The first-order valence-electron chi connectivity index (χ1n) is 23.0. The Morgan fingerprint density at radius 2 is 1.55 bits per heavy atom. The summed E-state index contributed by atoms with van der Waals surface area (Å²) in [6.07, 6.45) is 10.4. The van der Waals surface area contributed by atoms with Crippen molar-refractivity contribution in [3.05, 3.63) is 119 Å². The number of allylic oxidation sites excluding steroid dienone is 3. The number of fused-ring (bicyclic) bond motifs is 4. The summed E-state index contributed by atoms with van der Waals surface area (Å²) in [6, 6.07) is 10.7. The van der Waals surface area contributed by atoms with Gasteiger partial charge in [-0.05, 0) is 73.4 Å². The van der Waals surface area contributed by atoms with Crippen molar-refractivity contribution in [3.8, 4) is 23.0 Å². The number of benzene rings is 3. The second-order valence-corrected chi connectivity index (χ2v) is 17.6. The molecule has 3 aromatic rings. The van der Waals surface area contributed by atoms with Crippen LogP contribution in [-0.4, -0.2) is 109 Å². The fourth-order valence-corrected chi connectivity index (χ4v) is 8.51. The number of ether oxygens (including phenoxy) is 5. The average Bonchev–Trinajstić information content (AvgIpc) is 3.91. The van der Waals surface area contributed by atoms with Crippen LogP contribution in [0.2, 0.25) is 0 Å². The van der Waals surface area contributed by atoms with Gasteiger partial charge in [0.1, 0.15) is 6.61 Å². The number of carbonyl (C=O) groups is 5. The van der Waals surface area contributed by atoms with Gasteiger partial charge < -0.3 is 49.6 Å². The minimum absolute atomic E-state index is 0.0575. The van der Waals surface area contributed by atoms with E-state index in [1.54, 1.807) is 60.6 Å². The molecule has 0 aliphatic carbocycles. The number of amides is 4. The van der Waals surface area contributed by atoms with Gasteiger partial charge in [-0.3, -0.25) is 24.2 Å². The Labute approximate surface area is 401 Å². The Morgan fingerprint density at radius 1 is 0.899 bits per heavy atom. The van der Waals surface area contributed by atoms with Gasteiger partial charge >= 0.3 is 6.09 Å². The number of nitrogens with two attached hydrogens (primary N) is 1. The molecule has 4 aliphatic rings. The van der Waals surface area contributed by atoms with Crippen LogP contribution in [-0.2, 0) is 27.4 Å². The lowest BCUT2D eigenvalue weighted by molar-refractivity contribution is -0.128. The Kier molecular flexibility index (Phi) is 15.7. The van der Waals surface area contributed by atoms with E-state index in [1.165, 1.54) is 31.3 Å². The number of aliphatic hydroxyl groups excluding tert-OH is 1. The smallest absolute Gasteiger partial charge is 0.416 e. The molecule has 0 spiro atoms. The van der Waals surface area contributed by atoms with Crippen molar-refractivity contribution in [2.75, 3.05) is 32.3 Å².